The molecule has 1 heterocycles. The van der Waals surface area contributed by atoms with Crippen LogP contribution in [0.3, 0.4) is 0 Å². The summed E-state index contributed by atoms with van der Waals surface area (Å²) in [5.41, 5.74) is 3.87. The Balaban J connectivity index is 2.09. The van der Waals surface area contributed by atoms with Gasteiger partial charge >= 0.3 is 0 Å². The van der Waals surface area contributed by atoms with E-state index in [1.165, 1.54) is 11.1 Å². The topological polar surface area (TPSA) is 24.9 Å². The average molecular weight is 333 g/mol. The van der Waals surface area contributed by atoms with Gasteiger partial charge < -0.3 is 5.32 Å². The minimum absolute atomic E-state index is 0.199. The fraction of sp³-hybridized carbons (Fsp3) is 0.353. The smallest absolute Gasteiger partial charge is 0.106 e. The molecule has 1 atom stereocenters. The zero-order chi connectivity index (χ0) is 14.8. The molecule has 0 spiro atoms. The van der Waals surface area contributed by atoms with Crippen molar-refractivity contribution in [2.24, 2.45) is 0 Å². The molecule has 1 unspecified atom stereocenters. The Morgan fingerprint density at radius 3 is 2.20 bits per heavy atom. The molecule has 106 valence electrons. The summed E-state index contributed by atoms with van der Waals surface area (Å²) in [6.45, 7) is 8.86. The van der Waals surface area contributed by atoms with E-state index in [2.05, 4.69) is 78.2 Å². The fourth-order valence-corrected chi connectivity index (χ4v) is 2.30. The fourth-order valence-electron chi connectivity index (χ4n) is 2.07. The molecule has 1 N–H and O–H groups in total. The largest absolute Gasteiger partial charge is 0.377 e. The molecular weight excluding hydrogens is 312 g/mol. The van der Waals surface area contributed by atoms with Crippen molar-refractivity contribution in [3.8, 4) is 0 Å². The van der Waals surface area contributed by atoms with Gasteiger partial charge in [0, 0.05) is 6.04 Å². The minimum Gasteiger partial charge on any atom is -0.377 e. The van der Waals surface area contributed by atoms with E-state index < -0.39 is 0 Å². The van der Waals surface area contributed by atoms with Crippen LogP contribution in [0.4, 0.5) is 5.69 Å². The standard InChI is InChI=1S/C17H21BrN2/c1-12(20-15-9-10-16(18)19-11-15)13-5-7-14(8-6-13)17(2,3)4/h5-12,20H,1-4H3. The molecule has 0 bridgehead atoms. The highest BCUT2D eigenvalue weighted by molar-refractivity contribution is 9.10. The Bertz CT molecular complexity index is 553. The predicted molar refractivity (Wildman–Crippen MR) is 89.1 cm³/mol. The Labute approximate surface area is 129 Å². The van der Waals surface area contributed by atoms with Crippen LogP contribution in [0.15, 0.2) is 47.2 Å². The number of aromatic nitrogens is 1. The lowest BCUT2D eigenvalue weighted by Crippen LogP contribution is -2.12. The average Bonchev–Trinajstić information content (AvgIpc) is 2.40. The molecule has 0 saturated carbocycles. The molecular formula is C17H21BrN2. The quantitative estimate of drug-likeness (QED) is 0.770. The highest BCUT2D eigenvalue weighted by atomic mass is 79.9. The monoisotopic (exact) mass is 332 g/mol. The van der Waals surface area contributed by atoms with E-state index in [1.54, 1.807) is 0 Å². The Morgan fingerprint density at radius 1 is 1.05 bits per heavy atom. The Hall–Kier alpha value is -1.35. The van der Waals surface area contributed by atoms with Crippen molar-refractivity contribution in [2.45, 2.75) is 39.2 Å². The molecule has 0 saturated heterocycles. The molecule has 0 aliphatic rings. The maximum absolute atomic E-state index is 4.23. The summed E-state index contributed by atoms with van der Waals surface area (Å²) < 4.78 is 0.852. The molecule has 2 nitrogen and oxygen atoms in total. The molecule has 0 aliphatic heterocycles. The van der Waals surface area contributed by atoms with Crippen LogP contribution in [0.25, 0.3) is 0 Å². The second-order valence-corrected chi connectivity index (χ2v) is 6.92. The van der Waals surface area contributed by atoms with Crippen LogP contribution >= 0.6 is 15.9 Å². The summed E-state index contributed by atoms with van der Waals surface area (Å²) in [5.74, 6) is 0. The third-order valence-electron chi connectivity index (χ3n) is 3.39. The van der Waals surface area contributed by atoms with Gasteiger partial charge in [-0.1, -0.05) is 45.0 Å². The van der Waals surface area contributed by atoms with E-state index in [1.807, 2.05) is 18.3 Å². The van der Waals surface area contributed by atoms with Gasteiger partial charge in [-0.2, -0.15) is 0 Å². The number of hydrogen-bond acceptors (Lipinski definition) is 2. The first kappa shape index (κ1) is 15.0. The van der Waals surface area contributed by atoms with Crippen molar-refractivity contribution < 1.29 is 0 Å². The van der Waals surface area contributed by atoms with Crippen molar-refractivity contribution >= 4 is 21.6 Å². The molecule has 1 aromatic carbocycles. The van der Waals surface area contributed by atoms with E-state index in [0.29, 0.717) is 0 Å². The SMILES string of the molecule is CC(Nc1ccc(Br)nc1)c1ccc(C(C)(C)C)cc1. The maximum atomic E-state index is 4.23. The van der Waals surface area contributed by atoms with Gasteiger partial charge in [-0.05, 0) is 51.5 Å². The summed E-state index contributed by atoms with van der Waals surface area (Å²) in [5, 5.41) is 3.46. The van der Waals surface area contributed by atoms with Gasteiger partial charge in [-0.15, -0.1) is 0 Å². The second kappa shape index (κ2) is 5.96. The van der Waals surface area contributed by atoms with E-state index in [0.717, 1.165) is 10.3 Å². The number of nitrogens with one attached hydrogen (secondary N) is 1. The molecule has 0 amide bonds. The number of rotatable bonds is 3. The number of anilines is 1. The molecule has 0 radical (unpaired) electrons. The molecule has 20 heavy (non-hydrogen) atoms. The molecule has 0 aliphatic carbocycles. The van der Waals surface area contributed by atoms with Gasteiger partial charge in [0.1, 0.15) is 4.60 Å². The number of halogens is 1. The van der Waals surface area contributed by atoms with Crippen molar-refractivity contribution in [1.82, 2.24) is 4.98 Å². The summed E-state index contributed by atoms with van der Waals surface area (Å²) >= 11 is 3.34. The van der Waals surface area contributed by atoms with Gasteiger partial charge in [0.25, 0.3) is 0 Å². The van der Waals surface area contributed by atoms with Crippen molar-refractivity contribution in [1.29, 1.82) is 0 Å². The summed E-state index contributed by atoms with van der Waals surface area (Å²) in [6.07, 6.45) is 1.84. The van der Waals surface area contributed by atoms with Gasteiger partial charge in [0.15, 0.2) is 0 Å². The number of hydrogen-bond donors (Lipinski definition) is 1. The van der Waals surface area contributed by atoms with E-state index in [9.17, 15) is 0 Å². The Kier molecular flexibility index (Phi) is 4.48. The summed E-state index contributed by atoms with van der Waals surface area (Å²) in [7, 11) is 0. The van der Waals surface area contributed by atoms with E-state index >= 15 is 0 Å². The van der Waals surface area contributed by atoms with Crippen LogP contribution in [0.2, 0.25) is 0 Å². The molecule has 1 aromatic heterocycles. The maximum Gasteiger partial charge on any atom is 0.106 e. The first-order chi connectivity index (χ1) is 9.36. The molecule has 2 aromatic rings. The highest BCUT2D eigenvalue weighted by Crippen LogP contribution is 2.25. The van der Waals surface area contributed by atoms with Crippen molar-refractivity contribution in [3.63, 3.8) is 0 Å². The van der Waals surface area contributed by atoms with E-state index in [4.69, 9.17) is 0 Å². The normalized spacial score (nSPS) is 13.1. The lowest BCUT2D eigenvalue weighted by Gasteiger charge is -2.21. The lowest BCUT2D eigenvalue weighted by molar-refractivity contribution is 0.589. The van der Waals surface area contributed by atoms with Gasteiger partial charge in [0.05, 0.1) is 11.9 Å². The molecule has 2 rings (SSSR count). The van der Waals surface area contributed by atoms with Crippen LogP contribution in [-0.2, 0) is 5.41 Å². The van der Waals surface area contributed by atoms with Gasteiger partial charge in [-0.25, -0.2) is 4.98 Å². The van der Waals surface area contributed by atoms with Crippen molar-refractivity contribution in [3.05, 3.63) is 58.3 Å². The lowest BCUT2D eigenvalue weighted by atomic mass is 9.86. The predicted octanol–water partition coefficient (Wildman–Crippen LogP) is 5.31. The van der Waals surface area contributed by atoms with Crippen LogP contribution < -0.4 is 5.32 Å². The van der Waals surface area contributed by atoms with Crippen LogP contribution in [0, 0.1) is 0 Å². The van der Waals surface area contributed by atoms with Gasteiger partial charge in [-0.3, -0.25) is 0 Å². The Morgan fingerprint density at radius 2 is 1.70 bits per heavy atom. The number of nitrogens with zero attached hydrogens (tertiary/aromatic N) is 1. The summed E-state index contributed by atoms with van der Waals surface area (Å²) in [6, 6.07) is 13.1. The van der Waals surface area contributed by atoms with Crippen LogP contribution in [-0.4, -0.2) is 4.98 Å². The third kappa shape index (κ3) is 3.83. The zero-order valence-corrected chi connectivity index (χ0v) is 14.0. The van der Waals surface area contributed by atoms with Crippen LogP contribution in [0.1, 0.15) is 44.9 Å². The third-order valence-corrected chi connectivity index (χ3v) is 3.86. The highest BCUT2D eigenvalue weighted by Gasteiger charge is 2.14. The zero-order valence-electron chi connectivity index (χ0n) is 12.4. The first-order valence-corrected chi connectivity index (χ1v) is 7.64. The van der Waals surface area contributed by atoms with E-state index in [-0.39, 0.29) is 11.5 Å². The molecule has 0 fully saturated rings. The molecule has 3 heteroatoms. The van der Waals surface area contributed by atoms with Gasteiger partial charge in [0.2, 0.25) is 0 Å². The van der Waals surface area contributed by atoms with Crippen molar-refractivity contribution in [2.75, 3.05) is 5.32 Å². The number of benzene rings is 1. The minimum atomic E-state index is 0.199. The summed E-state index contributed by atoms with van der Waals surface area (Å²) in [4.78, 5) is 4.23. The number of pyridine rings is 1. The second-order valence-electron chi connectivity index (χ2n) is 6.11. The first-order valence-electron chi connectivity index (χ1n) is 6.85. The van der Waals surface area contributed by atoms with Crippen LogP contribution in [0.5, 0.6) is 0 Å².